The number of amides is 1. The summed E-state index contributed by atoms with van der Waals surface area (Å²) in [5.74, 6) is 0.575. The summed E-state index contributed by atoms with van der Waals surface area (Å²) >= 11 is 0. The predicted octanol–water partition coefficient (Wildman–Crippen LogP) is 4.29. The highest BCUT2D eigenvalue weighted by Gasteiger charge is 2.31. The normalized spacial score (nSPS) is 18.7. The number of benzene rings is 1. The minimum Gasteiger partial charge on any atom is -0.354 e. The fraction of sp³-hybridized carbons (Fsp3) is 0.565. The smallest absolute Gasteiger partial charge is 0.354 e. The van der Waals surface area contributed by atoms with Gasteiger partial charge in [-0.3, -0.25) is 9.69 Å². The van der Waals surface area contributed by atoms with E-state index in [1.54, 1.807) is 19.9 Å². The Morgan fingerprint density at radius 1 is 1.32 bits per heavy atom. The van der Waals surface area contributed by atoms with Crippen LogP contribution in [0.15, 0.2) is 24.3 Å². The van der Waals surface area contributed by atoms with E-state index in [-0.39, 0.29) is 18.4 Å². The molecule has 1 fully saturated rings. The molecule has 2 unspecified atom stereocenters. The summed E-state index contributed by atoms with van der Waals surface area (Å²) in [6.45, 7) is 10.6. The van der Waals surface area contributed by atoms with Gasteiger partial charge in [0.1, 0.15) is 0 Å². The standard InChI is InChI=1S/C23H31F3N4O/c1-15-7-6-10-29(14-15)16(2)13-27-22(31)12-21-17(3)28-30(18(21)4)20-9-5-8-19(11-20)23(24,25)26/h5,8-9,11,15-16H,6-7,10,12-14H2,1-4H3,(H,27,31). The molecule has 1 aromatic heterocycles. The molecule has 1 amide bonds. The van der Waals surface area contributed by atoms with Crippen molar-refractivity contribution in [3.63, 3.8) is 0 Å². The van der Waals surface area contributed by atoms with Crippen LogP contribution in [-0.4, -0.2) is 46.3 Å². The van der Waals surface area contributed by atoms with Gasteiger partial charge in [-0.2, -0.15) is 18.3 Å². The summed E-state index contributed by atoms with van der Waals surface area (Å²) in [5.41, 5.74) is 1.66. The summed E-state index contributed by atoms with van der Waals surface area (Å²) in [4.78, 5) is 15.0. The first kappa shape index (κ1) is 23.3. The zero-order chi connectivity index (χ0) is 22.8. The SMILES string of the molecule is Cc1nn(-c2cccc(C(F)(F)F)c2)c(C)c1CC(=O)NCC(C)N1CCCC(C)C1. The maximum Gasteiger partial charge on any atom is 0.416 e. The highest BCUT2D eigenvalue weighted by molar-refractivity contribution is 5.79. The number of carbonyl (C=O) groups is 1. The van der Waals surface area contributed by atoms with Crippen LogP contribution in [0.25, 0.3) is 5.69 Å². The van der Waals surface area contributed by atoms with Crippen molar-refractivity contribution in [3.8, 4) is 5.69 Å². The van der Waals surface area contributed by atoms with Gasteiger partial charge in [0.15, 0.2) is 0 Å². The molecular formula is C23H31F3N4O. The highest BCUT2D eigenvalue weighted by atomic mass is 19.4. The molecule has 2 heterocycles. The Labute approximate surface area is 181 Å². The molecule has 0 spiro atoms. The first-order chi connectivity index (χ1) is 14.6. The summed E-state index contributed by atoms with van der Waals surface area (Å²) < 4.78 is 40.7. The van der Waals surface area contributed by atoms with Crippen LogP contribution in [0.5, 0.6) is 0 Å². The van der Waals surface area contributed by atoms with E-state index in [1.807, 2.05) is 0 Å². The summed E-state index contributed by atoms with van der Waals surface area (Å²) in [5, 5.41) is 7.40. The molecule has 0 bridgehead atoms. The minimum atomic E-state index is -4.42. The number of rotatable bonds is 6. The number of carbonyl (C=O) groups excluding carboxylic acids is 1. The molecule has 5 nitrogen and oxygen atoms in total. The topological polar surface area (TPSA) is 50.2 Å². The van der Waals surface area contributed by atoms with Gasteiger partial charge in [-0.1, -0.05) is 13.0 Å². The zero-order valence-corrected chi connectivity index (χ0v) is 18.6. The first-order valence-corrected chi connectivity index (χ1v) is 10.8. The first-order valence-electron chi connectivity index (χ1n) is 10.8. The minimum absolute atomic E-state index is 0.105. The van der Waals surface area contributed by atoms with Gasteiger partial charge in [0, 0.05) is 30.4 Å². The van der Waals surface area contributed by atoms with Gasteiger partial charge in [-0.05, 0) is 64.3 Å². The third-order valence-corrected chi connectivity index (χ3v) is 6.10. The maximum atomic E-state index is 13.1. The molecule has 0 radical (unpaired) electrons. The van der Waals surface area contributed by atoms with Gasteiger partial charge in [-0.25, -0.2) is 4.68 Å². The number of likely N-dealkylation sites (tertiary alicyclic amines) is 1. The second-order valence-corrected chi connectivity index (χ2v) is 8.68. The van der Waals surface area contributed by atoms with Crippen LogP contribution >= 0.6 is 0 Å². The van der Waals surface area contributed by atoms with E-state index in [4.69, 9.17) is 0 Å². The molecule has 1 aromatic carbocycles. The second kappa shape index (κ2) is 9.42. The third-order valence-electron chi connectivity index (χ3n) is 6.10. The van der Waals surface area contributed by atoms with Crippen molar-refractivity contribution < 1.29 is 18.0 Å². The van der Waals surface area contributed by atoms with Crippen LogP contribution in [0.4, 0.5) is 13.2 Å². The van der Waals surface area contributed by atoms with Crippen molar-refractivity contribution in [1.82, 2.24) is 20.0 Å². The van der Waals surface area contributed by atoms with Crippen LogP contribution in [0, 0.1) is 19.8 Å². The van der Waals surface area contributed by atoms with Gasteiger partial charge >= 0.3 is 6.18 Å². The second-order valence-electron chi connectivity index (χ2n) is 8.68. The van der Waals surface area contributed by atoms with E-state index in [1.165, 1.54) is 23.6 Å². The molecule has 8 heteroatoms. The Kier molecular flexibility index (Phi) is 7.09. The number of halogens is 3. The average molecular weight is 437 g/mol. The van der Waals surface area contributed by atoms with Crippen molar-refractivity contribution >= 4 is 5.91 Å². The van der Waals surface area contributed by atoms with E-state index < -0.39 is 11.7 Å². The zero-order valence-electron chi connectivity index (χ0n) is 18.6. The fourth-order valence-electron chi connectivity index (χ4n) is 4.24. The molecule has 31 heavy (non-hydrogen) atoms. The molecule has 1 N–H and O–H groups in total. The van der Waals surface area contributed by atoms with Crippen molar-refractivity contribution in [3.05, 3.63) is 46.8 Å². The summed E-state index contributed by atoms with van der Waals surface area (Å²) in [6.07, 6.45) is -1.83. The van der Waals surface area contributed by atoms with Crippen LogP contribution < -0.4 is 5.32 Å². The number of alkyl halides is 3. The van der Waals surface area contributed by atoms with Crippen LogP contribution in [-0.2, 0) is 17.4 Å². The number of hydrogen-bond acceptors (Lipinski definition) is 3. The molecule has 1 saturated heterocycles. The number of hydrogen-bond donors (Lipinski definition) is 1. The molecule has 0 aliphatic carbocycles. The van der Waals surface area contributed by atoms with Crippen molar-refractivity contribution in [1.29, 1.82) is 0 Å². The quantitative estimate of drug-likeness (QED) is 0.735. The Hall–Kier alpha value is -2.35. The molecule has 170 valence electrons. The Balaban J connectivity index is 1.66. The van der Waals surface area contributed by atoms with Gasteiger partial charge in [0.05, 0.1) is 23.4 Å². The Bertz CT molecular complexity index is 922. The Morgan fingerprint density at radius 3 is 2.74 bits per heavy atom. The Morgan fingerprint density at radius 2 is 2.06 bits per heavy atom. The van der Waals surface area contributed by atoms with Crippen LogP contribution in [0.2, 0.25) is 0 Å². The van der Waals surface area contributed by atoms with Gasteiger partial charge in [-0.15, -0.1) is 0 Å². The van der Waals surface area contributed by atoms with Crippen LogP contribution in [0.3, 0.4) is 0 Å². The molecule has 2 atom stereocenters. The van der Waals surface area contributed by atoms with E-state index in [9.17, 15) is 18.0 Å². The van der Waals surface area contributed by atoms with E-state index >= 15 is 0 Å². The van der Waals surface area contributed by atoms with E-state index in [2.05, 4.69) is 29.2 Å². The van der Waals surface area contributed by atoms with Crippen molar-refractivity contribution in [2.45, 2.75) is 59.2 Å². The molecular weight excluding hydrogens is 405 g/mol. The number of aromatic nitrogens is 2. The lowest BCUT2D eigenvalue weighted by atomic mass is 9.99. The molecule has 2 aromatic rings. The average Bonchev–Trinajstić information content (AvgIpc) is 2.99. The van der Waals surface area contributed by atoms with Gasteiger partial charge < -0.3 is 5.32 Å². The molecule has 0 saturated carbocycles. The highest BCUT2D eigenvalue weighted by Crippen LogP contribution is 2.31. The molecule has 3 rings (SSSR count). The number of nitrogens with one attached hydrogen (secondary N) is 1. The largest absolute Gasteiger partial charge is 0.416 e. The third kappa shape index (κ3) is 5.67. The summed E-state index contributed by atoms with van der Waals surface area (Å²) in [7, 11) is 0. The van der Waals surface area contributed by atoms with E-state index in [0.717, 1.165) is 30.8 Å². The van der Waals surface area contributed by atoms with Crippen LogP contribution in [0.1, 0.15) is 49.2 Å². The van der Waals surface area contributed by atoms with Crippen molar-refractivity contribution in [2.75, 3.05) is 19.6 Å². The number of aryl methyl sites for hydroxylation is 1. The lowest BCUT2D eigenvalue weighted by Gasteiger charge is -2.35. The molecule has 1 aliphatic heterocycles. The lowest BCUT2D eigenvalue weighted by Crippen LogP contribution is -2.46. The summed E-state index contributed by atoms with van der Waals surface area (Å²) in [6, 6.07) is 5.32. The van der Waals surface area contributed by atoms with Gasteiger partial charge in [0.2, 0.25) is 5.91 Å². The predicted molar refractivity (Wildman–Crippen MR) is 114 cm³/mol. The van der Waals surface area contributed by atoms with Gasteiger partial charge in [0.25, 0.3) is 0 Å². The van der Waals surface area contributed by atoms with Crippen molar-refractivity contribution in [2.24, 2.45) is 5.92 Å². The monoisotopic (exact) mass is 436 g/mol. The molecule has 1 aliphatic rings. The number of nitrogens with zero attached hydrogens (tertiary/aromatic N) is 3. The number of piperidine rings is 1. The van der Waals surface area contributed by atoms with E-state index in [0.29, 0.717) is 29.5 Å². The maximum absolute atomic E-state index is 13.1. The fourth-order valence-corrected chi connectivity index (χ4v) is 4.24. The lowest BCUT2D eigenvalue weighted by molar-refractivity contribution is -0.137.